The van der Waals surface area contributed by atoms with E-state index in [2.05, 4.69) is 83.8 Å². The molecule has 1 aromatic carbocycles. The van der Waals surface area contributed by atoms with Gasteiger partial charge in [-0.25, -0.2) is 9.97 Å². The van der Waals surface area contributed by atoms with Gasteiger partial charge in [0.1, 0.15) is 11.6 Å². The second kappa shape index (κ2) is 11.3. The smallest absolute Gasteiger partial charge is 0.188 e. The monoisotopic (exact) mass is 469 g/mol. The van der Waals surface area contributed by atoms with Gasteiger partial charge < -0.3 is 21.4 Å². The van der Waals surface area contributed by atoms with E-state index in [1.807, 2.05) is 18.5 Å². The van der Waals surface area contributed by atoms with Crippen molar-refractivity contribution in [3.63, 3.8) is 0 Å². The highest BCUT2D eigenvalue weighted by Crippen LogP contribution is 2.18. The molecule has 0 amide bonds. The van der Waals surface area contributed by atoms with E-state index < -0.39 is 0 Å². The maximum absolute atomic E-state index is 5.96. The number of nitrogens with one attached hydrogen (secondary N) is 3. The molecule has 0 spiro atoms. The Morgan fingerprint density at radius 1 is 1.17 bits per heavy atom. The quantitative estimate of drug-likeness (QED) is 0.206. The Kier molecular flexibility index (Phi) is 8.26. The number of hydrogen-bond donors (Lipinski definition) is 4. The SMILES string of the molecule is CC(CN=C(N)NCCCNc1ncccc1Cc1ccc(Br)cc1)c1ncc[nH]1. The summed E-state index contributed by atoms with van der Waals surface area (Å²) in [6, 6.07) is 12.5. The van der Waals surface area contributed by atoms with E-state index in [0.29, 0.717) is 12.5 Å². The summed E-state index contributed by atoms with van der Waals surface area (Å²) in [5, 5.41) is 6.60. The summed E-state index contributed by atoms with van der Waals surface area (Å²) in [4.78, 5) is 16.2. The largest absolute Gasteiger partial charge is 0.370 e. The number of aromatic amines is 1. The Morgan fingerprint density at radius 3 is 2.77 bits per heavy atom. The molecule has 7 nitrogen and oxygen atoms in total. The number of anilines is 1. The van der Waals surface area contributed by atoms with E-state index in [9.17, 15) is 0 Å². The van der Waals surface area contributed by atoms with Crippen LogP contribution in [-0.4, -0.2) is 40.5 Å². The molecule has 158 valence electrons. The van der Waals surface area contributed by atoms with Gasteiger partial charge in [0.2, 0.25) is 0 Å². The number of hydrogen-bond acceptors (Lipinski definition) is 4. The first-order chi connectivity index (χ1) is 14.6. The molecule has 1 atom stereocenters. The molecule has 0 aliphatic rings. The summed E-state index contributed by atoms with van der Waals surface area (Å²) in [5.41, 5.74) is 8.40. The van der Waals surface area contributed by atoms with Gasteiger partial charge in [0.25, 0.3) is 0 Å². The Bertz CT molecular complexity index is 923. The minimum Gasteiger partial charge on any atom is -0.370 e. The first-order valence-electron chi connectivity index (χ1n) is 10.1. The number of nitrogens with zero attached hydrogens (tertiary/aromatic N) is 3. The first-order valence-corrected chi connectivity index (χ1v) is 10.9. The van der Waals surface area contributed by atoms with Gasteiger partial charge in [-0.05, 0) is 35.7 Å². The number of pyridine rings is 1. The number of H-pyrrole nitrogens is 1. The van der Waals surface area contributed by atoms with Crippen LogP contribution in [-0.2, 0) is 6.42 Å². The molecule has 0 saturated heterocycles. The highest BCUT2D eigenvalue weighted by atomic mass is 79.9. The highest BCUT2D eigenvalue weighted by molar-refractivity contribution is 9.10. The Morgan fingerprint density at radius 2 is 2.00 bits per heavy atom. The van der Waals surface area contributed by atoms with Crippen molar-refractivity contribution in [2.45, 2.75) is 25.7 Å². The van der Waals surface area contributed by atoms with Crippen LogP contribution in [0.1, 0.15) is 36.2 Å². The highest BCUT2D eigenvalue weighted by Gasteiger charge is 2.07. The second-order valence-corrected chi connectivity index (χ2v) is 8.04. The molecule has 3 aromatic rings. The lowest BCUT2D eigenvalue weighted by atomic mass is 10.1. The molecular formula is C22H28BrN7. The lowest BCUT2D eigenvalue weighted by Crippen LogP contribution is -2.33. The van der Waals surface area contributed by atoms with Crippen LogP contribution >= 0.6 is 15.9 Å². The number of imidazole rings is 1. The van der Waals surface area contributed by atoms with Gasteiger partial charge in [0.15, 0.2) is 5.96 Å². The van der Waals surface area contributed by atoms with Gasteiger partial charge in [-0.2, -0.15) is 0 Å². The molecule has 0 bridgehead atoms. The molecule has 2 aromatic heterocycles. The molecule has 2 heterocycles. The zero-order valence-electron chi connectivity index (χ0n) is 17.1. The van der Waals surface area contributed by atoms with Crippen LogP contribution in [0.3, 0.4) is 0 Å². The van der Waals surface area contributed by atoms with E-state index in [0.717, 1.165) is 42.0 Å². The van der Waals surface area contributed by atoms with Gasteiger partial charge in [0.05, 0.1) is 6.54 Å². The Hall–Kier alpha value is -2.87. The molecule has 0 fully saturated rings. The predicted octanol–water partition coefficient (Wildman–Crippen LogP) is 3.67. The Balaban J connectivity index is 1.40. The molecule has 0 aliphatic carbocycles. The van der Waals surface area contributed by atoms with Crippen molar-refractivity contribution in [3.05, 3.63) is 76.4 Å². The van der Waals surface area contributed by atoms with Gasteiger partial charge in [0, 0.05) is 48.5 Å². The zero-order valence-corrected chi connectivity index (χ0v) is 18.7. The maximum Gasteiger partial charge on any atom is 0.188 e. The number of aliphatic imine (C=N–C) groups is 1. The summed E-state index contributed by atoms with van der Waals surface area (Å²) in [6.45, 7) is 4.20. The van der Waals surface area contributed by atoms with Crippen molar-refractivity contribution < 1.29 is 0 Å². The van der Waals surface area contributed by atoms with Crippen LogP contribution < -0.4 is 16.4 Å². The summed E-state index contributed by atoms with van der Waals surface area (Å²) in [7, 11) is 0. The average Bonchev–Trinajstić information content (AvgIpc) is 3.29. The fourth-order valence-corrected chi connectivity index (χ4v) is 3.26. The third-order valence-electron chi connectivity index (χ3n) is 4.67. The van der Waals surface area contributed by atoms with Crippen molar-refractivity contribution >= 4 is 27.7 Å². The van der Waals surface area contributed by atoms with Crippen molar-refractivity contribution in [1.29, 1.82) is 0 Å². The van der Waals surface area contributed by atoms with Crippen molar-refractivity contribution in [2.75, 3.05) is 25.0 Å². The van der Waals surface area contributed by atoms with Crippen LogP contribution in [0.25, 0.3) is 0 Å². The fourth-order valence-electron chi connectivity index (χ4n) is 3.00. The minimum atomic E-state index is 0.204. The summed E-state index contributed by atoms with van der Waals surface area (Å²) >= 11 is 3.48. The molecule has 30 heavy (non-hydrogen) atoms. The van der Waals surface area contributed by atoms with E-state index in [1.54, 1.807) is 6.20 Å². The van der Waals surface area contributed by atoms with E-state index in [1.165, 1.54) is 11.1 Å². The van der Waals surface area contributed by atoms with Crippen LogP contribution in [0.5, 0.6) is 0 Å². The first kappa shape index (κ1) is 21.8. The van der Waals surface area contributed by atoms with Gasteiger partial charge in [-0.3, -0.25) is 4.99 Å². The van der Waals surface area contributed by atoms with Crippen molar-refractivity contribution in [3.8, 4) is 0 Å². The van der Waals surface area contributed by atoms with Crippen LogP contribution in [0.4, 0.5) is 5.82 Å². The van der Waals surface area contributed by atoms with Crippen LogP contribution in [0.15, 0.2) is 64.5 Å². The number of benzene rings is 1. The average molecular weight is 470 g/mol. The number of rotatable bonds is 10. The van der Waals surface area contributed by atoms with Gasteiger partial charge in [-0.1, -0.05) is 41.1 Å². The predicted molar refractivity (Wildman–Crippen MR) is 126 cm³/mol. The number of aromatic nitrogens is 3. The molecule has 3 rings (SSSR count). The number of nitrogens with two attached hydrogens (primary N) is 1. The van der Waals surface area contributed by atoms with E-state index in [-0.39, 0.29) is 5.92 Å². The second-order valence-electron chi connectivity index (χ2n) is 7.12. The standard InChI is InChI=1S/C22H28BrN7/c1-16(20-27-12-13-28-20)15-30-22(24)29-11-3-10-26-21-18(4-2-9-25-21)14-17-5-7-19(23)8-6-17/h2,4-9,12-13,16H,3,10-11,14-15H2,1H3,(H,25,26)(H,27,28)(H3,24,29,30). The van der Waals surface area contributed by atoms with E-state index >= 15 is 0 Å². The lowest BCUT2D eigenvalue weighted by Gasteiger charge is -2.12. The fraction of sp³-hybridized carbons (Fsp3) is 0.318. The lowest BCUT2D eigenvalue weighted by molar-refractivity contribution is 0.716. The molecular weight excluding hydrogens is 442 g/mol. The summed E-state index contributed by atoms with van der Waals surface area (Å²) < 4.78 is 1.08. The summed E-state index contributed by atoms with van der Waals surface area (Å²) in [6.07, 6.45) is 7.12. The molecule has 1 unspecified atom stereocenters. The normalized spacial score (nSPS) is 12.5. The molecule has 5 N–H and O–H groups in total. The number of halogens is 1. The van der Waals surface area contributed by atoms with E-state index in [4.69, 9.17) is 5.73 Å². The molecule has 0 saturated carbocycles. The third-order valence-corrected chi connectivity index (χ3v) is 5.20. The van der Waals surface area contributed by atoms with Gasteiger partial charge >= 0.3 is 0 Å². The number of guanidine groups is 1. The zero-order chi connectivity index (χ0) is 21.2. The molecule has 0 radical (unpaired) electrons. The molecule has 0 aliphatic heterocycles. The Labute approximate surface area is 185 Å². The minimum absolute atomic E-state index is 0.204. The summed E-state index contributed by atoms with van der Waals surface area (Å²) in [5.74, 6) is 2.51. The van der Waals surface area contributed by atoms with Gasteiger partial charge in [-0.15, -0.1) is 0 Å². The maximum atomic E-state index is 5.96. The van der Waals surface area contributed by atoms with Crippen LogP contribution in [0, 0.1) is 0 Å². The topological polar surface area (TPSA) is 104 Å². The third kappa shape index (κ3) is 6.88. The van der Waals surface area contributed by atoms with Crippen molar-refractivity contribution in [2.24, 2.45) is 10.7 Å². The molecule has 8 heteroatoms. The van der Waals surface area contributed by atoms with Crippen LogP contribution in [0.2, 0.25) is 0 Å². The van der Waals surface area contributed by atoms with Crippen molar-refractivity contribution in [1.82, 2.24) is 20.3 Å².